The van der Waals surface area contributed by atoms with Crippen molar-refractivity contribution in [2.24, 2.45) is 0 Å². The minimum Gasteiger partial charge on any atom is -0.337 e. The van der Waals surface area contributed by atoms with Crippen LogP contribution in [-0.2, 0) is 6.54 Å². The van der Waals surface area contributed by atoms with Crippen LogP contribution in [0.5, 0.6) is 0 Å². The van der Waals surface area contributed by atoms with E-state index in [1.54, 1.807) is 41.0 Å². The maximum atomic E-state index is 13.0. The number of hydrogen-bond donors (Lipinski definition) is 0. The summed E-state index contributed by atoms with van der Waals surface area (Å²) in [6.45, 7) is 0.469. The van der Waals surface area contributed by atoms with Crippen molar-refractivity contribution >= 4 is 5.91 Å². The lowest BCUT2D eigenvalue weighted by molar-refractivity contribution is 0.0785. The average molecular weight is 394 g/mol. The zero-order valence-electron chi connectivity index (χ0n) is 16.3. The first-order chi connectivity index (χ1) is 14.7. The van der Waals surface area contributed by atoms with E-state index in [1.807, 2.05) is 48.7 Å². The Bertz CT molecular complexity index is 1210. The molecule has 146 valence electrons. The molecule has 4 aromatic rings. The van der Waals surface area contributed by atoms with E-state index in [-0.39, 0.29) is 11.6 Å². The Balaban J connectivity index is 1.51. The smallest absolute Gasteiger partial charge is 0.253 e. The van der Waals surface area contributed by atoms with Gasteiger partial charge in [-0.1, -0.05) is 24.3 Å². The fourth-order valence-corrected chi connectivity index (χ4v) is 3.17. The van der Waals surface area contributed by atoms with Gasteiger partial charge in [-0.05, 0) is 35.9 Å². The van der Waals surface area contributed by atoms with E-state index in [9.17, 15) is 10.1 Å². The third-order valence-electron chi connectivity index (χ3n) is 4.66. The molecule has 4 rings (SSSR count). The van der Waals surface area contributed by atoms with Crippen molar-refractivity contribution < 1.29 is 4.79 Å². The molecule has 7 heteroatoms. The standard InChI is InChI=1S/C23H18N6O/c1-28(16-17-6-8-20(9-7-17)29-13-3-10-27-29)23(30)19-5-2-4-18(14-19)22-21(15-24)25-11-12-26-22/h2-14H,16H2,1H3. The number of rotatable bonds is 5. The van der Waals surface area contributed by atoms with Gasteiger partial charge < -0.3 is 4.90 Å². The van der Waals surface area contributed by atoms with Crippen molar-refractivity contribution in [2.75, 3.05) is 7.05 Å². The van der Waals surface area contributed by atoms with E-state index in [0.29, 0.717) is 23.4 Å². The van der Waals surface area contributed by atoms with Crippen molar-refractivity contribution in [1.82, 2.24) is 24.6 Å². The Labute approximate surface area is 173 Å². The summed E-state index contributed by atoms with van der Waals surface area (Å²) in [5.41, 5.74) is 3.88. The molecule has 0 aliphatic carbocycles. The van der Waals surface area contributed by atoms with Gasteiger partial charge in [0.2, 0.25) is 0 Å². The summed E-state index contributed by atoms with van der Waals surface area (Å²) < 4.78 is 1.78. The molecule has 0 saturated carbocycles. The minimum absolute atomic E-state index is 0.115. The molecule has 7 nitrogen and oxygen atoms in total. The van der Waals surface area contributed by atoms with Crippen LogP contribution in [0, 0.1) is 11.3 Å². The Hall–Kier alpha value is -4.31. The van der Waals surface area contributed by atoms with Crippen LogP contribution in [0.2, 0.25) is 0 Å². The molecule has 1 amide bonds. The second-order valence-electron chi connectivity index (χ2n) is 6.72. The van der Waals surface area contributed by atoms with E-state index in [4.69, 9.17) is 0 Å². The lowest BCUT2D eigenvalue weighted by Crippen LogP contribution is -2.26. The van der Waals surface area contributed by atoms with Crippen LogP contribution in [-0.4, -0.2) is 37.6 Å². The summed E-state index contributed by atoms with van der Waals surface area (Å²) in [5.74, 6) is -0.115. The second-order valence-corrected chi connectivity index (χ2v) is 6.72. The molecule has 0 fully saturated rings. The Kier molecular flexibility index (Phi) is 5.31. The molecule has 2 aromatic heterocycles. The Morgan fingerprint density at radius 3 is 2.60 bits per heavy atom. The normalized spacial score (nSPS) is 10.4. The molecular weight excluding hydrogens is 376 g/mol. The number of nitrogens with zero attached hydrogens (tertiary/aromatic N) is 6. The lowest BCUT2D eigenvalue weighted by Gasteiger charge is -2.18. The molecule has 0 bridgehead atoms. The van der Waals surface area contributed by atoms with Gasteiger partial charge in [0, 0.05) is 49.5 Å². The number of benzene rings is 2. The third kappa shape index (κ3) is 3.93. The SMILES string of the molecule is CN(Cc1ccc(-n2cccn2)cc1)C(=O)c1cccc(-c2nccnc2C#N)c1. The fourth-order valence-electron chi connectivity index (χ4n) is 3.17. The monoisotopic (exact) mass is 394 g/mol. The molecule has 0 aliphatic rings. The van der Waals surface area contributed by atoms with Crippen LogP contribution in [0.15, 0.2) is 79.4 Å². The number of aromatic nitrogens is 4. The highest BCUT2D eigenvalue weighted by molar-refractivity contribution is 5.95. The number of amides is 1. The molecule has 30 heavy (non-hydrogen) atoms. The lowest BCUT2D eigenvalue weighted by atomic mass is 10.1. The predicted octanol–water partition coefficient (Wildman–Crippen LogP) is 3.47. The zero-order chi connectivity index (χ0) is 20.9. The molecule has 0 atom stereocenters. The highest BCUT2D eigenvalue weighted by atomic mass is 16.2. The molecular formula is C23H18N6O. The van der Waals surface area contributed by atoms with Crippen molar-refractivity contribution in [1.29, 1.82) is 5.26 Å². The van der Waals surface area contributed by atoms with Gasteiger partial charge in [0.25, 0.3) is 5.91 Å². The molecule has 0 spiro atoms. The number of carbonyl (C=O) groups excluding carboxylic acids is 1. The number of nitriles is 1. The van der Waals surface area contributed by atoms with Crippen molar-refractivity contribution in [3.05, 3.63) is 96.2 Å². The second kappa shape index (κ2) is 8.37. The summed E-state index contributed by atoms with van der Waals surface area (Å²) >= 11 is 0. The topological polar surface area (TPSA) is 87.7 Å². The highest BCUT2D eigenvalue weighted by Gasteiger charge is 2.15. The van der Waals surface area contributed by atoms with Crippen LogP contribution < -0.4 is 0 Å². The van der Waals surface area contributed by atoms with Gasteiger partial charge in [-0.3, -0.25) is 9.78 Å². The summed E-state index contributed by atoms with van der Waals surface area (Å²) in [7, 11) is 1.76. The first-order valence-electron chi connectivity index (χ1n) is 9.31. The maximum Gasteiger partial charge on any atom is 0.253 e. The summed E-state index contributed by atoms with van der Waals surface area (Å²) in [4.78, 5) is 22.9. The van der Waals surface area contributed by atoms with Crippen LogP contribution in [0.4, 0.5) is 0 Å². The maximum absolute atomic E-state index is 13.0. The van der Waals surface area contributed by atoms with Gasteiger partial charge in [0.15, 0.2) is 5.69 Å². The molecule has 0 unspecified atom stereocenters. The summed E-state index contributed by atoms with van der Waals surface area (Å²) in [6.07, 6.45) is 6.62. The van der Waals surface area contributed by atoms with Gasteiger partial charge in [-0.15, -0.1) is 0 Å². The summed E-state index contributed by atoms with van der Waals surface area (Å²) in [5, 5.41) is 13.5. The first-order valence-corrected chi connectivity index (χ1v) is 9.31. The molecule has 0 aliphatic heterocycles. The summed E-state index contributed by atoms with van der Waals surface area (Å²) in [6, 6.07) is 18.9. The van der Waals surface area contributed by atoms with E-state index in [0.717, 1.165) is 11.3 Å². The molecule has 0 N–H and O–H groups in total. The van der Waals surface area contributed by atoms with E-state index in [2.05, 4.69) is 15.1 Å². The zero-order valence-corrected chi connectivity index (χ0v) is 16.3. The molecule has 2 heterocycles. The van der Waals surface area contributed by atoms with E-state index >= 15 is 0 Å². The van der Waals surface area contributed by atoms with Gasteiger partial charge in [-0.2, -0.15) is 10.4 Å². The van der Waals surface area contributed by atoms with Crippen molar-refractivity contribution in [2.45, 2.75) is 6.54 Å². The predicted molar refractivity (Wildman–Crippen MR) is 112 cm³/mol. The van der Waals surface area contributed by atoms with Crippen LogP contribution in [0.25, 0.3) is 16.9 Å². The fraction of sp³-hybridized carbons (Fsp3) is 0.0870. The van der Waals surface area contributed by atoms with Gasteiger partial charge in [0.1, 0.15) is 11.8 Å². The van der Waals surface area contributed by atoms with Crippen molar-refractivity contribution in [3.63, 3.8) is 0 Å². The number of hydrogen-bond acceptors (Lipinski definition) is 5. The van der Waals surface area contributed by atoms with Crippen LogP contribution >= 0.6 is 0 Å². The van der Waals surface area contributed by atoms with E-state index in [1.165, 1.54) is 12.4 Å². The number of carbonyl (C=O) groups is 1. The van der Waals surface area contributed by atoms with E-state index < -0.39 is 0 Å². The van der Waals surface area contributed by atoms with Crippen LogP contribution in [0.1, 0.15) is 21.6 Å². The third-order valence-corrected chi connectivity index (χ3v) is 4.66. The van der Waals surface area contributed by atoms with Crippen molar-refractivity contribution in [3.8, 4) is 23.0 Å². The quantitative estimate of drug-likeness (QED) is 0.517. The first kappa shape index (κ1) is 19.0. The Morgan fingerprint density at radius 2 is 1.87 bits per heavy atom. The molecule has 0 saturated heterocycles. The highest BCUT2D eigenvalue weighted by Crippen LogP contribution is 2.21. The average Bonchev–Trinajstić information content (AvgIpc) is 3.34. The van der Waals surface area contributed by atoms with Gasteiger partial charge in [0.05, 0.1) is 5.69 Å². The van der Waals surface area contributed by atoms with Gasteiger partial charge >= 0.3 is 0 Å². The van der Waals surface area contributed by atoms with Crippen LogP contribution in [0.3, 0.4) is 0 Å². The molecule has 0 radical (unpaired) electrons. The minimum atomic E-state index is -0.115. The van der Waals surface area contributed by atoms with Gasteiger partial charge in [-0.25, -0.2) is 9.67 Å². The Morgan fingerprint density at radius 1 is 1.07 bits per heavy atom. The largest absolute Gasteiger partial charge is 0.337 e. The molecule has 2 aromatic carbocycles.